The number of amides is 1. The van der Waals surface area contributed by atoms with Gasteiger partial charge in [0, 0.05) is 43.0 Å². The number of rotatable bonds is 4. The first-order chi connectivity index (χ1) is 19.7. The third-order valence-electron chi connectivity index (χ3n) is 8.60. The van der Waals surface area contributed by atoms with Crippen LogP contribution in [0, 0.1) is 35.5 Å². The van der Waals surface area contributed by atoms with Crippen molar-refractivity contribution in [2.24, 2.45) is 28.0 Å². The number of benzene rings is 1. The van der Waals surface area contributed by atoms with E-state index in [0.29, 0.717) is 65.8 Å². The van der Waals surface area contributed by atoms with E-state index in [2.05, 4.69) is 11.2 Å². The first-order valence-electron chi connectivity index (χ1n) is 14.3. The van der Waals surface area contributed by atoms with E-state index < -0.39 is 17.3 Å². The molecule has 1 aromatic carbocycles. The highest BCUT2D eigenvalue weighted by Gasteiger charge is 2.52. The Labute approximate surface area is 244 Å². The van der Waals surface area contributed by atoms with Gasteiger partial charge >= 0.3 is 12.3 Å². The molecule has 1 saturated carbocycles. The molecule has 224 valence electrons. The van der Waals surface area contributed by atoms with Crippen LogP contribution in [0.15, 0.2) is 46.7 Å². The van der Waals surface area contributed by atoms with Gasteiger partial charge in [0.2, 0.25) is 0 Å². The van der Waals surface area contributed by atoms with Crippen molar-refractivity contribution in [1.82, 2.24) is 14.7 Å². The molecule has 3 heterocycles. The fourth-order valence-electron chi connectivity index (χ4n) is 6.65. The van der Waals surface area contributed by atoms with Crippen LogP contribution >= 0.6 is 0 Å². The summed E-state index contributed by atoms with van der Waals surface area (Å²) in [5.41, 5.74) is 8.60. The second-order valence-electron chi connectivity index (χ2n) is 12.9. The summed E-state index contributed by atoms with van der Waals surface area (Å²) in [6.07, 6.45) is 0.531. The standard InChI is InChI=1S/C31H37F3N6O2/c1-19-25(17-40(38-19)16-20-6-5-7-22(12-20)31(32,33)34)27-24(15-35)26(36)23(8-10-37-27)21-13-30(14-21)9-11-39(18-30)28(41)42-29(2,3)4/h5-7,12,17,21,23H,8-11,13-14,16,18,36H2,1-4H3. The third kappa shape index (κ3) is 6.03. The molecule has 1 aliphatic carbocycles. The normalized spacial score (nSPS) is 24.7. The van der Waals surface area contributed by atoms with Crippen molar-refractivity contribution < 1.29 is 22.7 Å². The Morgan fingerprint density at radius 2 is 2.00 bits per heavy atom. The molecule has 0 radical (unpaired) electrons. The summed E-state index contributed by atoms with van der Waals surface area (Å²) in [7, 11) is 0. The molecule has 2 fully saturated rings. The second kappa shape index (κ2) is 10.8. The van der Waals surface area contributed by atoms with Crippen LogP contribution < -0.4 is 5.73 Å². The number of nitriles is 1. The number of aromatic nitrogens is 2. The first-order valence-corrected chi connectivity index (χ1v) is 14.3. The zero-order valence-electron chi connectivity index (χ0n) is 24.5. The summed E-state index contributed by atoms with van der Waals surface area (Å²) in [6, 6.07) is 7.45. The lowest BCUT2D eigenvalue weighted by Gasteiger charge is -2.48. The van der Waals surface area contributed by atoms with Crippen LogP contribution in [0.2, 0.25) is 0 Å². The molecule has 1 amide bonds. The lowest BCUT2D eigenvalue weighted by Crippen LogP contribution is -2.45. The number of hydrogen-bond donors (Lipinski definition) is 1. The van der Waals surface area contributed by atoms with Crippen molar-refractivity contribution in [3.05, 3.63) is 64.1 Å². The highest BCUT2D eigenvalue weighted by atomic mass is 19.4. The van der Waals surface area contributed by atoms with Gasteiger partial charge in [-0.25, -0.2) is 4.79 Å². The SMILES string of the molecule is Cc1nn(Cc2cccc(C(F)(F)F)c2)cc1C1=NCCC(C2CC3(CCN(C(=O)OC(C)(C)C)C3)C2)C(N)=C1C#N. The lowest BCUT2D eigenvalue weighted by molar-refractivity contribution is -0.137. The number of alkyl halides is 3. The number of likely N-dealkylation sites (tertiary alicyclic amines) is 1. The Bertz CT molecular complexity index is 1470. The van der Waals surface area contributed by atoms with Crippen LogP contribution in [0.3, 0.4) is 0 Å². The number of nitrogens with two attached hydrogens (primary N) is 1. The number of nitrogens with zero attached hydrogens (tertiary/aromatic N) is 5. The highest BCUT2D eigenvalue weighted by molar-refractivity contribution is 6.16. The Morgan fingerprint density at radius 3 is 2.67 bits per heavy atom. The second-order valence-corrected chi connectivity index (χ2v) is 12.9. The number of hydrogen-bond acceptors (Lipinski definition) is 6. The lowest BCUT2D eigenvalue weighted by atomic mass is 9.56. The van der Waals surface area contributed by atoms with Crippen LogP contribution in [-0.2, 0) is 17.5 Å². The minimum absolute atomic E-state index is 0.00237. The maximum atomic E-state index is 13.2. The molecule has 3 aliphatic rings. The molecule has 5 rings (SSSR count). The van der Waals surface area contributed by atoms with E-state index in [1.807, 2.05) is 20.8 Å². The van der Waals surface area contributed by atoms with Gasteiger partial charge < -0.3 is 15.4 Å². The van der Waals surface area contributed by atoms with E-state index in [0.717, 1.165) is 31.4 Å². The number of aryl methyl sites for hydroxylation is 1. The van der Waals surface area contributed by atoms with Crippen molar-refractivity contribution in [1.29, 1.82) is 5.26 Å². The summed E-state index contributed by atoms with van der Waals surface area (Å²) in [6.45, 7) is 9.38. The fourth-order valence-corrected chi connectivity index (χ4v) is 6.65. The molecule has 0 bridgehead atoms. The predicted molar refractivity (Wildman–Crippen MR) is 151 cm³/mol. The van der Waals surface area contributed by atoms with Crippen molar-refractivity contribution >= 4 is 11.8 Å². The maximum absolute atomic E-state index is 13.2. The summed E-state index contributed by atoms with van der Waals surface area (Å²) >= 11 is 0. The van der Waals surface area contributed by atoms with E-state index in [-0.39, 0.29) is 24.0 Å². The van der Waals surface area contributed by atoms with Crippen LogP contribution in [0.4, 0.5) is 18.0 Å². The average Bonchev–Trinajstić information content (AvgIpc) is 3.43. The van der Waals surface area contributed by atoms with Gasteiger partial charge in [-0.2, -0.15) is 23.5 Å². The highest BCUT2D eigenvalue weighted by Crippen LogP contribution is 2.56. The molecule has 1 spiro atoms. The van der Waals surface area contributed by atoms with E-state index in [1.54, 1.807) is 28.8 Å². The summed E-state index contributed by atoms with van der Waals surface area (Å²) in [4.78, 5) is 19.1. The van der Waals surface area contributed by atoms with E-state index in [1.165, 1.54) is 6.07 Å². The Balaban J connectivity index is 1.30. The minimum Gasteiger partial charge on any atom is -0.444 e. The zero-order valence-corrected chi connectivity index (χ0v) is 24.5. The topological polar surface area (TPSA) is 110 Å². The largest absolute Gasteiger partial charge is 0.444 e. The third-order valence-corrected chi connectivity index (χ3v) is 8.60. The molecule has 1 unspecified atom stereocenters. The number of allylic oxidation sites excluding steroid dienone is 2. The van der Waals surface area contributed by atoms with Crippen molar-refractivity contribution in [2.75, 3.05) is 19.6 Å². The summed E-state index contributed by atoms with van der Waals surface area (Å²) in [5, 5.41) is 14.7. The molecular weight excluding hydrogens is 545 g/mol. The van der Waals surface area contributed by atoms with Gasteiger partial charge in [0.1, 0.15) is 11.7 Å². The fraction of sp³-hybridized carbons (Fsp3) is 0.548. The molecule has 8 nitrogen and oxygen atoms in total. The number of carbonyl (C=O) groups is 1. The van der Waals surface area contributed by atoms with E-state index >= 15 is 0 Å². The number of halogens is 3. The quantitative estimate of drug-likeness (QED) is 0.487. The number of aliphatic imine (C=N–C) groups is 1. The van der Waals surface area contributed by atoms with Gasteiger partial charge in [-0.05, 0) is 82.4 Å². The Kier molecular flexibility index (Phi) is 7.62. The van der Waals surface area contributed by atoms with Crippen molar-refractivity contribution in [3.8, 4) is 6.07 Å². The Morgan fingerprint density at radius 1 is 1.26 bits per heavy atom. The smallest absolute Gasteiger partial charge is 0.416 e. The van der Waals surface area contributed by atoms with Crippen LogP contribution in [0.5, 0.6) is 0 Å². The number of carbonyl (C=O) groups excluding carboxylic acids is 1. The molecule has 42 heavy (non-hydrogen) atoms. The van der Waals surface area contributed by atoms with Gasteiger partial charge in [0.05, 0.1) is 29.1 Å². The van der Waals surface area contributed by atoms with Gasteiger partial charge in [-0.15, -0.1) is 0 Å². The van der Waals surface area contributed by atoms with Gasteiger partial charge in [0.15, 0.2) is 0 Å². The van der Waals surface area contributed by atoms with Gasteiger partial charge in [0.25, 0.3) is 0 Å². The average molecular weight is 583 g/mol. The molecular formula is C31H37F3N6O2. The van der Waals surface area contributed by atoms with E-state index in [4.69, 9.17) is 15.5 Å². The number of ether oxygens (including phenoxy) is 1. The first kappa shape index (κ1) is 29.7. The van der Waals surface area contributed by atoms with Gasteiger partial charge in [-0.3, -0.25) is 9.67 Å². The molecule has 1 saturated heterocycles. The van der Waals surface area contributed by atoms with Crippen LogP contribution in [0.1, 0.15) is 68.8 Å². The summed E-state index contributed by atoms with van der Waals surface area (Å²) < 4.78 is 46.7. The molecule has 2 aromatic rings. The molecule has 2 N–H and O–H groups in total. The molecule has 1 atom stereocenters. The molecule has 11 heteroatoms. The van der Waals surface area contributed by atoms with E-state index in [9.17, 15) is 23.2 Å². The maximum Gasteiger partial charge on any atom is 0.416 e. The van der Waals surface area contributed by atoms with Crippen molar-refractivity contribution in [3.63, 3.8) is 0 Å². The predicted octanol–water partition coefficient (Wildman–Crippen LogP) is 5.84. The van der Waals surface area contributed by atoms with Gasteiger partial charge in [-0.1, -0.05) is 12.1 Å². The molecule has 1 aromatic heterocycles. The zero-order chi connectivity index (χ0) is 30.4. The minimum atomic E-state index is -4.42. The van der Waals surface area contributed by atoms with Crippen molar-refractivity contribution in [2.45, 2.75) is 71.7 Å². The van der Waals surface area contributed by atoms with Crippen LogP contribution in [-0.4, -0.2) is 51.7 Å². The summed E-state index contributed by atoms with van der Waals surface area (Å²) in [5.74, 6) is 0.300. The Hall–Kier alpha value is -3.81. The molecule has 2 aliphatic heterocycles. The van der Waals surface area contributed by atoms with Crippen LogP contribution in [0.25, 0.3) is 0 Å². The monoisotopic (exact) mass is 582 g/mol.